The van der Waals surface area contributed by atoms with Gasteiger partial charge in [-0.3, -0.25) is 9.10 Å². The molecule has 0 bridgehead atoms. The lowest BCUT2D eigenvalue weighted by Gasteiger charge is -2.19. The molecule has 1 N–H and O–H groups in total. The van der Waals surface area contributed by atoms with E-state index in [0.717, 1.165) is 5.56 Å². The number of benzene rings is 2. The molecule has 0 saturated carbocycles. The van der Waals surface area contributed by atoms with Gasteiger partial charge in [0.25, 0.3) is 0 Å². The molecule has 0 spiro atoms. The number of rotatable bonds is 6. The summed E-state index contributed by atoms with van der Waals surface area (Å²) >= 11 is 0. The molecule has 2 aromatic carbocycles. The lowest BCUT2D eigenvalue weighted by Crippen LogP contribution is -2.25. The minimum atomic E-state index is -3.28. The maximum atomic E-state index is 12.5. The summed E-state index contributed by atoms with van der Waals surface area (Å²) in [6.45, 7) is 2.45. The number of carbonyl (C=O) groups excluding carboxylic acids is 1. The Hall–Kier alpha value is -2.54. The SMILES string of the molecule is COc1ccc(N2CCCS2(=O)=O)cc1NC(=O)CC(C)c1ccccc1. The highest BCUT2D eigenvalue weighted by molar-refractivity contribution is 7.93. The molecular weight excluding hydrogens is 364 g/mol. The zero-order valence-electron chi connectivity index (χ0n) is 15.5. The molecule has 1 saturated heterocycles. The number of ether oxygens (including phenoxy) is 1. The molecule has 7 heteroatoms. The Morgan fingerprint density at radius 3 is 2.59 bits per heavy atom. The Kier molecular flexibility index (Phi) is 5.70. The van der Waals surface area contributed by atoms with E-state index in [2.05, 4.69) is 5.32 Å². The Bertz CT molecular complexity index is 913. The number of methoxy groups -OCH3 is 1. The molecule has 3 rings (SSSR count). The zero-order valence-corrected chi connectivity index (χ0v) is 16.3. The summed E-state index contributed by atoms with van der Waals surface area (Å²) < 4.78 is 31.0. The van der Waals surface area contributed by atoms with Gasteiger partial charge in [-0.05, 0) is 36.1 Å². The molecular formula is C20H24N2O4S. The second-order valence-corrected chi connectivity index (χ2v) is 8.70. The molecule has 144 valence electrons. The van der Waals surface area contributed by atoms with Crippen molar-refractivity contribution >= 4 is 27.3 Å². The highest BCUT2D eigenvalue weighted by Crippen LogP contribution is 2.33. The zero-order chi connectivity index (χ0) is 19.4. The third kappa shape index (κ3) is 4.42. The first-order valence-electron chi connectivity index (χ1n) is 8.94. The highest BCUT2D eigenvalue weighted by atomic mass is 32.2. The van der Waals surface area contributed by atoms with Crippen LogP contribution in [-0.4, -0.2) is 33.7 Å². The van der Waals surface area contributed by atoms with Gasteiger partial charge in [0.1, 0.15) is 5.75 Å². The summed E-state index contributed by atoms with van der Waals surface area (Å²) in [7, 11) is -1.76. The molecule has 1 heterocycles. The topological polar surface area (TPSA) is 75.7 Å². The van der Waals surface area contributed by atoms with Crippen LogP contribution in [-0.2, 0) is 14.8 Å². The van der Waals surface area contributed by atoms with Gasteiger partial charge in [0.05, 0.1) is 24.2 Å². The molecule has 1 atom stereocenters. The van der Waals surface area contributed by atoms with Crippen molar-refractivity contribution in [2.75, 3.05) is 29.0 Å². The van der Waals surface area contributed by atoms with E-state index in [4.69, 9.17) is 4.74 Å². The van der Waals surface area contributed by atoms with Crippen LogP contribution < -0.4 is 14.4 Å². The van der Waals surface area contributed by atoms with Crippen molar-refractivity contribution in [3.8, 4) is 5.75 Å². The van der Waals surface area contributed by atoms with Gasteiger partial charge in [0.2, 0.25) is 15.9 Å². The molecule has 0 aliphatic carbocycles. The molecule has 0 radical (unpaired) electrons. The smallest absolute Gasteiger partial charge is 0.235 e. The molecule has 1 fully saturated rings. The van der Waals surface area contributed by atoms with Gasteiger partial charge in [-0.15, -0.1) is 0 Å². The van der Waals surface area contributed by atoms with Gasteiger partial charge in [-0.2, -0.15) is 0 Å². The molecule has 27 heavy (non-hydrogen) atoms. The van der Waals surface area contributed by atoms with Gasteiger partial charge in [-0.1, -0.05) is 37.3 Å². The van der Waals surface area contributed by atoms with Crippen LogP contribution in [0.2, 0.25) is 0 Å². The largest absolute Gasteiger partial charge is 0.495 e. The van der Waals surface area contributed by atoms with Gasteiger partial charge in [0, 0.05) is 13.0 Å². The van der Waals surface area contributed by atoms with E-state index in [9.17, 15) is 13.2 Å². The van der Waals surface area contributed by atoms with Crippen molar-refractivity contribution in [1.29, 1.82) is 0 Å². The number of anilines is 2. The van der Waals surface area contributed by atoms with E-state index in [1.165, 1.54) is 11.4 Å². The van der Waals surface area contributed by atoms with Crippen molar-refractivity contribution < 1.29 is 17.9 Å². The Labute approximate surface area is 160 Å². The summed E-state index contributed by atoms with van der Waals surface area (Å²) in [5.74, 6) is 0.566. The summed E-state index contributed by atoms with van der Waals surface area (Å²) in [6, 6.07) is 14.9. The van der Waals surface area contributed by atoms with Gasteiger partial charge in [0.15, 0.2) is 0 Å². The first-order chi connectivity index (χ1) is 12.9. The number of nitrogens with zero attached hydrogens (tertiary/aromatic N) is 1. The van der Waals surface area contributed by atoms with Crippen LogP contribution in [0, 0.1) is 0 Å². The standard InChI is InChI=1S/C20H24N2O4S/c1-15(16-7-4-3-5-8-16)13-20(23)21-18-14-17(9-10-19(18)26-2)22-11-6-12-27(22,24)25/h3-5,7-10,14-15H,6,11-13H2,1-2H3,(H,21,23). The number of nitrogens with one attached hydrogen (secondary N) is 1. The van der Waals surface area contributed by atoms with E-state index in [1.54, 1.807) is 18.2 Å². The van der Waals surface area contributed by atoms with Gasteiger partial charge >= 0.3 is 0 Å². The van der Waals surface area contributed by atoms with E-state index >= 15 is 0 Å². The average Bonchev–Trinajstić information content (AvgIpc) is 3.01. The fraction of sp³-hybridized carbons (Fsp3) is 0.350. The van der Waals surface area contributed by atoms with Crippen molar-refractivity contribution in [2.45, 2.75) is 25.7 Å². The Balaban J connectivity index is 1.77. The monoisotopic (exact) mass is 388 g/mol. The van der Waals surface area contributed by atoms with Crippen LogP contribution in [0.5, 0.6) is 5.75 Å². The summed E-state index contributed by atoms with van der Waals surface area (Å²) in [5.41, 5.74) is 2.11. The van der Waals surface area contributed by atoms with Crippen LogP contribution in [0.25, 0.3) is 0 Å². The normalized spacial score (nSPS) is 16.7. The van der Waals surface area contributed by atoms with E-state index in [1.807, 2.05) is 37.3 Å². The molecule has 1 amide bonds. The fourth-order valence-corrected chi connectivity index (χ4v) is 4.81. The molecule has 1 aliphatic heterocycles. The lowest BCUT2D eigenvalue weighted by molar-refractivity contribution is -0.116. The minimum absolute atomic E-state index is 0.0688. The maximum absolute atomic E-state index is 12.5. The van der Waals surface area contributed by atoms with E-state index < -0.39 is 10.0 Å². The molecule has 2 aromatic rings. The molecule has 1 aliphatic rings. The maximum Gasteiger partial charge on any atom is 0.235 e. The van der Waals surface area contributed by atoms with Crippen LogP contribution in [0.4, 0.5) is 11.4 Å². The van der Waals surface area contributed by atoms with Gasteiger partial charge < -0.3 is 10.1 Å². The van der Waals surface area contributed by atoms with Crippen molar-refractivity contribution in [3.63, 3.8) is 0 Å². The van der Waals surface area contributed by atoms with Crippen molar-refractivity contribution in [2.24, 2.45) is 0 Å². The average molecular weight is 388 g/mol. The van der Waals surface area contributed by atoms with E-state index in [-0.39, 0.29) is 17.6 Å². The molecule has 6 nitrogen and oxygen atoms in total. The quantitative estimate of drug-likeness (QED) is 0.823. The molecule has 1 unspecified atom stereocenters. The van der Waals surface area contributed by atoms with Crippen LogP contribution in [0.3, 0.4) is 0 Å². The second-order valence-electron chi connectivity index (χ2n) is 6.69. The molecule has 0 aromatic heterocycles. The van der Waals surface area contributed by atoms with Crippen LogP contribution >= 0.6 is 0 Å². The Morgan fingerprint density at radius 1 is 1.22 bits per heavy atom. The number of amides is 1. The fourth-order valence-electron chi connectivity index (χ4n) is 3.26. The van der Waals surface area contributed by atoms with Crippen molar-refractivity contribution in [3.05, 3.63) is 54.1 Å². The van der Waals surface area contributed by atoms with Gasteiger partial charge in [-0.25, -0.2) is 8.42 Å². The summed E-state index contributed by atoms with van der Waals surface area (Å²) in [5, 5.41) is 2.87. The predicted molar refractivity (Wildman–Crippen MR) is 107 cm³/mol. The number of sulfonamides is 1. The summed E-state index contributed by atoms with van der Waals surface area (Å²) in [6.07, 6.45) is 0.921. The number of carbonyl (C=O) groups is 1. The second kappa shape index (κ2) is 8.00. The minimum Gasteiger partial charge on any atom is -0.495 e. The first kappa shape index (κ1) is 19.2. The van der Waals surface area contributed by atoms with Crippen LogP contribution in [0.1, 0.15) is 31.2 Å². The highest BCUT2D eigenvalue weighted by Gasteiger charge is 2.29. The van der Waals surface area contributed by atoms with E-state index in [0.29, 0.717) is 36.5 Å². The van der Waals surface area contributed by atoms with Crippen molar-refractivity contribution in [1.82, 2.24) is 0 Å². The predicted octanol–water partition coefficient (Wildman–Crippen LogP) is 3.37. The third-order valence-electron chi connectivity index (χ3n) is 4.70. The number of hydrogen-bond donors (Lipinski definition) is 1. The lowest BCUT2D eigenvalue weighted by atomic mass is 9.97. The number of hydrogen-bond acceptors (Lipinski definition) is 4. The third-order valence-corrected chi connectivity index (χ3v) is 6.57. The van der Waals surface area contributed by atoms with Crippen LogP contribution in [0.15, 0.2) is 48.5 Å². The first-order valence-corrected chi connectivity index (χ1v) is 10.5. The summed E-state index contributed by atoms with van der Waals surface area (Å²) in [4.78, 5) is 12.5. The Morgan fingerprint density at radius 2 is 1.96 bits per heavy atom.